The van der Waals surface area contributed by atoms with E-state index in [1.165, 1.54) is 64.4 Å². The minimum atomic E-state index is 0.626. The predicted molar refractivity (Wildman–Crippen MR) is 217 cm³/mol. The molecule has 0 aliphatic heterocycles. The maximum absolute atomic E-state index is 11.1. The van der Waals surface area contributed by atoms with Crippen molar-refractivity contribution in [1.29, 1.82) is 0 Å². The summed E-state index contributed by atoms with van der Waals surface area (Å²) in [7, 11) is 2.01. The number of amidine groups is 1. The SMILES string of the molecule is C=CN=C(Nc1cc(C=O)ccc1C)/C(=C/C(=C\C)C(=C)CC)CC.CC.CC.CC.CCCCN(CCC)CCC.CNC1CC1. The van der Waals surface area contributed by atoms with Crippen LogP contribution in [-0.2, 0) is 0 Å². The Morgan fingerprint density at radius 2 is 1.51 bits per heavy atom. The van der Waals surface area contributed by atoms with Crippen molar-refractivity contribution in [3.05, 3.63) is 77.6 Å². The first-order chi connectivity index (χ1) is 22.8. The summed E-state index contributed by atoms with van der Waals surface area (Å²) in [5.41, 5.74) is 5.78. The zero-order chi connectivity index (χ0) is 37.0. The number of carbonyl (C=O) groups excluding carboxylic acids is 1. The second-order valence-electron chi connectivity index (χ2n) is 10.5. The molecule has 1 aromatic rings. The van der Waals surface area contributed by atoms with Crippen molar-refractivity contribution in [2.75, 3.05) is 32.0 Å². The molecule has 47 heavy (non-hydrogen) atoms. The highest BCUT2D eigenvalue weighted by atomic mass is 16.1. The van der Waals surface area contributed by atoms with Gasteiger partial charge in [0.2, 0.25) is 0 Å². The van der Waals surface area contributed by atoms with Crippen molar-refractivity contribution in [2.24, 2.45) is 4.99 Å². The van der Waals surface area contributed by atoms with Gasteiger partial charge in [-0.05, 0) is 120 Å². The van der Waals surface area contributed by atoms with E-state index in [9.17, 15) is 4.79 Å². The number of rotatable bonds is 16. The van der Waals surface area contributed by atoms with Crippen LogP contribution in [0.25, 0.3) is 0 Å². The maximum Gasteiger partial charge on any atom is 0.150 e. The molecule has 1 aliphatic carbocycles. The van der Waals surface area contributed by atoms with E-state index in [2.05, 4.69) is 80.5 Å². The lowest BCUT2D eigenvalue weighted by Crippen LogP contribution is -2.26. The number of hydrogen-bond acceptors (Lipinski definition) is 4. The van der Waals surface area contributed by atoms with Gasteiger partial charge in [-0.2, -0.15) is 0 Å². The van der Waals surface area contributed by atoms with E-state index in [1.54, 1.807) is 6.07 Å². The number of carbonyl (C=O) groups is 1. The summed E-state index contributed by atoms with van der Waals surface area (Å²) in [5.74, 6) is 0.729. The van der Waals surface area contributed by atoms with Crippen molar-refractivity contribution in [2.45, 2.75) is 147 Å². The molecular formula is C42H78N4O. The molecule has 0 aromatic heterocycles. The van der Waals surface area contributed by atoms with E-state index in [-0.39, 0.29) is 0 Å². The van der Waals surface area contributed by atoms with Crippen molar-refractivity contribution < 1.29 is 4.79 Å². The van der Waals surface area contributed by atoms with E-state index >= 15 is 0 Å². The number of aryl methyl sites for hydroxylation is 1. The van der Waals surface area contributed by atoms with Gasteiger partial charge in [-0.15, -0.1) is 0 Å². The number of nitrogens with zero attached hydrogens (tertiary/aromatic N) is 2. The molecule has 1 saturated carbocycles. The monoisotopic (exact) mass is 655 g/mol. The summed E-state index contributed by atoms with van der Waals surface area (Å²) in [6, 6.07) is 6.44. The second-order valence-corrected chi connectivity index (χ2v) is 10.5. The fraction of sp³-hybridized carbons (Fsp3) is 0.619. The minimum Gasteiger partial charge on any atom is -0.340 e. The van der Waals surface area contributed by atoms with Crippen LogP contribution in [-0.4, -0.2) is 49.7 Å². The van der Waals surface area contributed by atoms with E-state index in [0.29, 0.717) is 5.56 Å². The topological polar surface area (TPSA) is 56.7 Å². The summed E-state index contributed by atoms with van der Waals surface area (Å²) in [6.07, 6.45) is 16.3. The Labute approximate surface area is 294 Å². The number of aliphatic imine (C=N–C) groups is 1. The molecule has 5 heteroatoms. The summed E-state index contributed by atoms with van der Waals surface area (Å²) in [4.78, 5) is 18.0. The smallest absolute Gasteiger partial charge is 0.150 e. The van der Waals surface area contributed by atoms with E-state index in [0.717, 1.165) is 59.0 Å². The third kappa shape index (κ3) is 26.9. The third-order valence-corrected chi connectivity index (χ3v) is 6.93. The van der Waals surface area contributed by atoms with Crippen LogP contribution >= 0.6 is 0 Å². The highest BCUT2D eigenvalue weighted by Gasteiger charge is 2.17. The van der Waals surface area contributed by atoms with Gasteiger partial charge in [0.1, 0.15) is 12.1 Å². The van der Waals surface area contributed by atoms with Gasteiger partial charge in [-0.3, -0.25) is 4.79 Å². The molecule has 2 N–H and O–H groups in total. The molecular weight excluding hydrogens is 576 g/mol. The first-order valence-electron chi connectivity index (χ1n) is 18.7. The lowest BCUT2D eigenvalue weighted by Gasteiger charge is -2.20. The highest BCUT2D eigenvalue weighted by molar-refractivity contribution is 6.09. The van der Waals surface area contributed by atoms with Crippen LogP contribution in [0.15, 0.2) is 71.4 Å². The van der Waals surface area contributed by atoms with Crippen LogP contribution in [0.4, 0.5) is 5.69 Å². The van der Waals surface area contributed by atoms with Crippen LogP contribution in [0.3, 0.4) is 0 Å². The standard InChI is InChI=1S/C22H28N2O.C10H23N.C4H9N.3C2H6/c1-7-16(5)19(8-2)14-20(9-3)22(23-10-4)24-21-13-18(15-25)12-11-17(21)6;1-4-7-10-11(8-5-2)9-6-3;1-5-4-2-3-4;3*1-2/h8,10-15H,4-5,7,9H2,1-3,6H3,(H,23,24);4-10H2,1-3H3;4-5H,2-3H2,1H3;3*1-2H3/b19-8+,20-14+;;;;;. The second kappa shape index (κ2) is 37.7. The highest BCUT2D eigenvalue weighted by Crippen LogP contribution is 2.21. The van der Waals surface area contributed by atoms with Crippen molar-refractivity contribution in [3.63, 3.8) is 0 Å². The van der Waals surface area contributed by atoms with E-state index in [1.807, 2.05) is 74.6 Å². The molecule has 1 fully saturated rings. The number of hydrogen-bond donors (Lipinski definition) is 2. The Morgan fingerprint density at radius 1 is 0.936 bits per heavy atom. The average Bonchev–Trinajstić information content (AvgIpc) is 3.97. The number of nitrogens with one attached hydrogen (secondary N) is 2. The van der Waals surface area contributed by atoms with Crippen LogP contribution in [0.2, 0.25) is 0 Å². The van der Waals surface area contributed by atoms with E-state index in [4.69, 9.17) is 0 Å². The predicted octanol–water partition coefficient (Wildman–Crippen LogP) is 12.4. The molecule has 0 heterocycles. The molecule has 0 spiro atoms. The third-order valence-electron chi connectivity index (χ3n) is 6.93. The summed E-state index contributed by atoms with van der Waals surface area (Å²) >= 11 is 0. The molecule has 1 aliphatic rings. The molecule has 0 unspecified atom stereocenters. The number of allylic oxidation sites excluding steroid dienone is 4. The van der Waals surface area contributed by atoms with Gasteiger partial charge in [-0.25, -0.2) is 4.99 Å². The minimum absolute atomic E-state index is 0.626. The molecule has 5 nitrogen and oxygen atoms in total. The number of benzene rings is 1. The summed E-state index contributed by atoms with van der Waals surface area (Å²) < 4.78 is 0. The molecule has 0 atom stereocenters. The van der Waals surface area contributed by atoms with Crippen LogP contribution < -0.4 is 10.6 Å². The van der Waals surface area contributed by atoms with Crippen LogP contribution in [0.1, 0.15) is 150 Å². The van der Waals surface area contributed by atoms with Gasteiger partial charge in [0.25, 0.3) is 0 Å². The van der Waals surface area contributed by atoms with Gasteiger partial charge in [0, 0.05) is 23.5 Å². The fourth-order valence-corrected chi connectivity index (χ4v) is 4.10. The molecule has 272 valence electrons. The Bertz CT molecular complexity index is 980. The zero-order valence-electron chi connectivity index (χ0n) is 33.6. The molecule has 0 radical (unpaired) electrons. The van der Waals surface area contributed by atoms with Crippen molar-refractivity contribution in [1.82, 2.24) is 10.2 Å². The zero-order valence-corrected chi connectivity index (χ0v) is 33.6. The maximum atomic E-state index is 11.1. The summed E-state index contributed by atoms with van der Waals surface area (Å²) in [6.45, 7) is 38.7. The Morgan fingerprint density at radius 3 is 1.87 bits per heavy atom. The van der Waals surface area contributed by atoms with Gasteiger partial charge in [0.05, 0.1) is 0 Å². The van der Waals surface area contributed by atoms with Gasteiger partial charge in [-0.1, -0.05) is 114 Å². The lowest BCUT2D eigenvalue weighted by atomic mass is 10.00. The van der Waals surface area contributed by atoms with Crippen molar-refractivity contribution >= 4 is 17.8 Å². The van der Waals surface area contributed by atoms with E-state index < -0.39 is 0 Å². The van der Waals surface area contributed by atoms with Crippen molar-refractivity contribution in [3.8, 4) is 0 Å². The van der Waals surface area contributed by atoms with Crippen LogP contribution in [0.5, 0.6) is 0 Å². The first kappa shape index (κ1) is 51.1. The first-order valence-corrected chi connectivity index (χ1v) is 18.7. The Hall–Kier alpha value is -2.76. The summed E-state index contributed by atoms with van der Waals surface area (Å²) in [5, 5.41) is 6.49. The number of aldehydes is 1. The lowest BCUT2D eigenvalue weighted by molar-refractivity contribution is 0.112. The number of anilines is 1. The van der Waals surface area contributed by atoms with Gasteiger partial charge < -0.3 is 15.5 Å². The average molecular weight is 655 g/mol. The molecule has 0 bridgehead atoms. The quantitative estimate of drug-likeness (QED) is 0.0806. The van der Waals surface area contributed by atoms with Gasteiger partial charge >= 0.3 is 0 Å². The largest absolute Gasteiger partial charge is 0.340 e. The molecule has 0 amide bonds. The Kier molecular flexibility index (Phi) is 41.0. The van der Waals surface area contributed by atoms with Gasteiger partial charge in [0.15, 0.2) is 0 Å². The molecule has 1 aromatic carbocycles. The molecule has 2 rings (SSSR count). The fourth-order valence-electron chi connectivity index (χ4n) is 4.10. The number of unbranched alkanes of at least 4 members (excludes halogenated alkanes) is 1. The molecule has 0 saturated heterocycles. The van der Waals surface area contributed by atoms with Crippen LogP contribution in [0, 0.1) is 6.92 Å². The Balaban J connectivity index is -0.000000344. The normalized spacial score (nSPS) is 12.2.